The number of fused-ring (bicyclic) bond motifs is 1. The lowest BCUT2D eigenvalue weighted by Gasteiger charge is -2.26. The number of methoxy groups -OCH3 is 1. The maximum atomic E-state index is 12.5. The molecule has 2 aliphatic heterocycles. The fourth-order valence-corrected chi connectivity index (χ4v) is 3.92. The highest BCUT2D eigenvalue weighted by molar-refractivity contribution is 6.32. The average Bonchev–Trinajstić information content (AvgIpc) is 3.24. The van der Waals surface area contributed by atoms with E-state index in [-0.39, 0.29) is 24.0 Å². The van der Waals surface area contributed by atoms with Crippen LogP contribution in [0.2, 0.25) is 5.02 Å². The third-order valence-electron chi connectivity index (χ3n) is 5.25. The highest BCUT2D eigenvalue weighted by atomic mass is 35.5. The molecule has 0 radical (unpaired) electrons. The van der Waals surface area contributed by atoms with E-state index in [4.69, 9.17) is 35.0 Å². The number of halogens is 1. The van der Waals surface area contributed by atoms with Gasteiger partial charge in [-0.25, -0.2) is 0 Å². The van der Waals surface area contributed by atoms with E-state index in [0.717, 1.165) is 0 Å². The normalized spacial score (nSPS) is 16.8. The van der Waals surface area contributed by atoms with Gasteiger partial charge in [0.1, 0.15) is 5.76 Å². The molecular weight excluding hydrogens is 430 g/mol. The molecule has 0 bridgehead atoms. The summed E-state index contributed by atoms with van der Waals surface area (Å²) in [6.45, 7) is 2.98. The van der Waals surface area contributed by atoms with Crippen LogP contribution in [0.4, 0.5) is 0 Å². The molecule has 0 unspecified atom stereocenters. The maximum Gasteiger partial charge on any atom is 0.306 e. The zero-order valence-electron chi connectivity index (χ0n) is 16.9. The molecule has 166 valence electrons. The van der Waals surface area contributed by atoms with Gasteiger partial charge in [-0.15, -0.1) is 0 Å². The number of ether oxygens (including phenoxy) is 4. The summed E-state index contributed by atoms with van der Waals surface area (Å²) in [5, 5.41) is 10.8. The summed E-state index contributed by atoms with van der Waals surface area (Å²) in [7, 11) is 1.26. The number of benzene rings is 1. The molecule has 0 amide bonds. The Kier molecular flexibility index (Phi) is 6.35. The molecule has 1 N–H and O–H groups in total. The molecule has 0 aliphatic carbocycles. The van der Waals surface area contributed by atoms with Crippen molar-refractivity contribution < 1.29 is 33.3 Å². The molecule has 1 saturated heterocycles. The third kappa shape index (κ3) is 4.63. The Balaban J connectivity index is 1.75. The van der Waals surface area contributed by atoms with Crippen LogP contribution < -0.4 is 14.9 Å². The fourth-order valence-electron chi connectivity index (χ4n) is 3.65. The Morgan fingerprint density at radius 3 is 2.77 bits per heavy atom. The van der Waals surface area contributed by atoms with Crippen molar-refractivity contribution in [1.82, 2.24) is 4.90 Å². The van der Waals surface area contributed by atoms with Gasteiger partial charge in [-0.2, -0.15) is 0 Å². The number of carbonyl (C=O) groups is 1. The smallest absolute Gasteiger partial charge is 0.306 e. The minimum Gasteiger partial charge on any atom is -0.502 e. The van der Waals surface area contributed by atoms with Crippen LogP contribution in [0, 0.1) is 0 Å². The molecule has 2 aliphatic rings. The van der Waals surface area contributed by atoms with Gasteiger partial charge >= 0.3 is 5.97 Å². The summed E-state index contributed by atoms with van der Waals surface area (Å²) >= 11 is 6.31. The van der Waals surface area contributed by atoms with Gasteiger partial charge in [-0.1, -0.05) is 11.6 Å². The van der Waals surface area contributed by atoms with Crippen molar-refractivity contribution in [2.24, 2.45) is 0 Å². The molecule has 1 atom stereocenters. The van der Waals surface area contributed by atoms with Crippen molar-refractivity contribution >= 4 is 17.6 Å². The predicted molar refractivity (Wildman–Crippen MR) is 109 cm³/mol. The van der Waals surface area contributed by atoms with Crippen molar-refractivity contribution in [3.63, 3.8) is 0 Å². The molecule has 1 aromatic carbocycles. The number of hydrogen-bond donors (Lipinski definition) is 1. The number of nitrogens with zero attached hydrogens (tertiary/aromatic N) is 1. The van der Waals surface area contributed by atoms with E-state index in [1.165, 1.54) is 13.2 Å². The van der Waals surface area contributed by atoms with Crippen LogP contribution in [-0.4, -0.2) is 56.2 Å². The van der Waals surface area contributed by atoms with Gasteiger partial charge in [0.2, 0.25) is 18.0 Å². The van der Waals surface area contributed by atoms with Gasteiger partial charge < -0.3 is 28.5 Å². The molecular formula is C21H22ClNO8. The number of hydrogen-bond acceptors (Lipinski definition) is 9. The van der Waals surface area contributed by atoms with E-state index < -0.39 is 23.1 Å². The second-order valence-corrected chi connectivity index (χ2v) is 7.65. The third-order valence-corrected chi connectivity index (χ3v) is 5.53. The number of carbonyl (C=O) groups excluding carboxylic acids is 1. The molecule has 31 heavy (non-hydrogen) atoms. The van der Waals surface area contributed by atoms with Crippen LogP contribution in [0.1, 0.15) is 29.4 Å². The van der Waals surface area contributed by atoms with Crippen molar-refractivity contribution in [2.75, 3.05) is 40.2 Å². The van der Waals surface area contributed by atoms with Crippen LogP contribution in [0.25, 0.3) is 0 Å². The molecule has 1 fully saturated rings. The topological polar surface area (TPSA) is 108 Å². The summed E-state index contributed by atoms with van der Waals surface area (Å²) in [4.78, 5) is 26.7. The Morgan fingerprint density at radius 2 is 2.03 bits per heavy atom. The number of morpholine rings is 1. The summed E-state index contributed by atoms with van der Waals surface area (Å²) in [5.74, 6) is -0.778. The number of rotatable bonds is 6. The molecule has 2 aromatic rings. The van der Waals surface area contributed by atoms with Gasteiger partial charge in [0.25, 0.3) is 0 Å². The fraction of sp³-hybridized carbons (Fsp3) is 0.429. The van der Waals surface area contributed by atoms with Gasteiger partial charge in [0.05, 0.1) is 44.2 Å². The van der Waals surface area contributed by atoms with E-state index >= 15 is 0 Å². The minimum atomic E-state index is -0.822. The summed E-state index contributed by atoms with van der Waals surface area (Å²) in [6.07, 6.45) is -0.177. The van der Waals surface area contributed by atoms with Gasteiger partial charge in [-0.05, 0) is 17.7 Å². The highest BCUT2D eigenvalue weighted by Crippen LogP contribution is 2.44. The number of aromatic hydroxyl groups is 1. The van der Waals surface area contributed by atoms with E-state index in [1.54, 1.807) is 12.1 Å². The maximum absolute atomic E-state index is 12.5. The summed E-state index contributed by atoms with van der Waals surface area (Å²) < 4.78 is 26.9. The average molecular weight is 452 g/mol. The molecule has 1 aromatic heterocycles. The Bertz CT molecular complexity index is 1030. The highest BCUT2D eigenvalue weighted by Gasteiger charge is 2.30. The summed E-state index contributed by atoms with van der Waals surface area (Å²) in [5.41, 5.74) is -0.0761. The van der Waals surface area contributed by atoms with E-state index in [1.807, 2.05) is 0 Å². The van der Waals surface area contributed by atoms with Gasteiger partial charge in [0.15, 0.2) is 17.3 Å². The minimum absolute atomic E-state index is 0.0234. The zero-order chi connectivity index (χ0) is 22.0. The molecule has 3 heterocycles. The first-order chi connectivity index (χ1) is 15.0. The van der Waals surface area contributed by atoms with E-state index in [9.17, 15) is 14.7 Å². The van der Waals surface area contributed by atoms with Crippen molar-refractivity contribution in [3.05, 3.63) is 50.5 Å². The van der Waals surface area contributed by atoms with Crippen LogP contribution >= 0.6 is 11.6 Å². The van der Waals surface area contributed by atoms with Crippen molar-refractivity contribution in [3.8, 4) is 17.2 Å². The molecule has 0 spiro atoms. The first kappa shape index (κ1) is 21.5. The van der Waals surface area contributed by atoms with Crippen molar-refractivity contribution in [1.29, 1.82) is 0 Å². The second kappa shape index (κ2) is 9.17. The molecule has 9 nitrogen and oxygen atoms in total. The molecule has 0 saturated carbocycles. The van der Waals surface area contributed by atoms with Crippen molar-refractivity contribution in [2.45, 2.75) is 18.9 Å². The Labute approximate surface area is 183 Å². The molecule has 10 heteroatoms. The number of esters is 1. The van der Waals surface area contributed by atoms with Crippen LogP contribution in [0.15, 0.2) is 27.4 Å². The lowest BCUT2D eigenvalue weighted by molar-refractivity contribution is -0.140. The predicted octanol–water partition coefficient (Wildman–Crippen LogP) is 2.25. The lowest BCUT2D eigenvalue weighted by atomic mass is 9.91. The van der Waals surface area contributed by atoms with E-state index in [0.29, 0.717) is 55.7 Å². The van der Waals surface area contributed by atoms with Crippen LogP contribution in [-0.2, 0) is 20.8 Å². The van der Waals surface area contributed by atoms with Crippen LogP contribution in [0.3, 0.4) is 0 Å². The standard InChI is InChI=1S/C21H22ClNO8/c1-27-18(25)9-14(12-6-15(22)21-17(7-12)29-11-30-21)20-19(26)16(24)8-13(31-20)10-23-2-4-28-5-3-23/h6-8,14,26H,2-5,9-11H2,1H3/t14-/m0/s1. The van der Waals surface area contributed by atoms with Gasteiger partial charge in [0, 0.05) is 19.2 Å². The largest absolute Gasteiger partial charge is 0.502 e. The monoisotopic (exact) mass is 451 g/mol. The first-order valence-electron chi connectivity index (χ1n) is 9.78. The Morgan fingerprint density at radius 1 is 1.26 bits per heavy atom. The summed E-state index contributed by atoms with van der Waals surface area (Å²) in [6, 6.07) is 4.50. The quantitative estimate of drug-likeness (QED) is 0.661. The SMILES string of the molecule is COC(=O)C[C@@H](c1cc(Cl)c2c(c1)OCO2)c1oc(CN2CCOCC2)cc(=O)c1O. The lowest BCUT2D eigenvalue weighted by Crippen LogP contribution is -2.35. The zero-order valence-corrected chi connectivity index (χ0v) is 17.6. The van der Waals surface area contributed by atoms with Crippen LogP contribution in [0.5, 0.6) is 17.2 Å². The second-order valence-electron chi connectivity index (χ2n) is 7.25. The van der Waals surface area contributed by atoms with E-state index in [2.05, 4.69) is 4.90 Å². The van der Waals surface area contributed by atoms with Gasteiger partial charge in [-0.3, -0.25) is 14.5 Å². The first-order valence-corrected chi connectivity index (χ1v) is 10.2. The Hall–Kier alpha value is -2.75. The molecule has 4 rings (SSSR count).